The molecule has 36 heavy (non-hydrogen) atoms. The zero-order chi connectivity index (χ0) is 26.4. The van der Waals surface area contributed by atoms with E-state index in [0.717, 1.165) is 50.7 Å². The van der Waals surface area contributed by atoms with E-state index in [1.165, 1.54) is 56.3 Å². The molecule has 0 saturated heterocycles. The smallest absolute Gasteiger partial charge is 0.409 e. The quantitative estimate of drug-likeness (QED) is 0.115. The third-order valence-electron chi connectivity index (χ3n) is 6.67. The molecule has 0 saturated carbocycles. The molecule has 0 aliphatic carbocycles. The molecule has 0 aliphatic rings. The normalized spacial score (nSPS) is 12.9. The molecule has 6 heteroatoms. The number of hydrogen-bond donors (Lipinski definition) is 2. The number of unbranched alkanes of at least 4 members (excludes halogenated alkanes) is 11. The molecule has 0 spiro atoms. The summed E-state index contributed by atoms with van der Waals surface area (Å²) in [5, 5.41) is 19.1. The van der Waals surface area contributed by atoms with Crippen LogP contribution in [-0.4, -0.2) is 46.7 Å². The van der Waals surface area contributed by atoms with Gasteiger partial charge in [0.25, 0.3) is 0 Å². The van der Waals surface area contributed by atoms with E-state index >= 15 is 0 Å². The fourth-order valence-corrected chi connectivity index (χ4v) is 4.40. The number of hydrogen-bond acceptors (Lipinski definition) is 4. The van der Waals surface area contributed by atoms with Crippen molar-refractivity contribution in [2.45, 2.75) is 129 Å². The van der Waals surface area contributed by atoms with Crippen molar-refractivity contribution in [3.8, 4) is 11.5 Å². The molecule has 0 bridgehead atoms. The highest BCUT2D eigenvalue weighted by atomic mass is 16.5. The summed E-state index contributed by atoms with van der Waals surface area (Å²) in [6.07, 6.45) is 16.2. The zero-order valence-electron chi connectivity index (χ0n) is 23.0. The van der Waals surface area contributed by atoms with Crippen molar-refractivity contribution in [1.82, 2.24) is 4.90 Å². The van der Waals surface area contributed by atoms with Crippen molar-refractivity contribution in [2.75, 3.05) is 13.2 Å². The van der Waals surface area contributed by atoms with Crippen LogP contribution in [0.5, 0.6) is 11.5 Å². The molecular formula is C30H52NO5. The van der Waals surface area contributed by atoms with Gasteiger partial charge in [-0.25, -0.2) is 4.79 Å². The molecule has 6 nitrogen and oxygen atoms in total. The maximum absolute atomic E-state index is 11.9. The molecule has 0 aromatic heterocycles. The van der Waals surface area contributed by atoms with Crippen molar-refractivity contribution < 1.29 is 24.5 Å². The Balaban J connectivity index is 2.24. The Kier molecular flexibility index (Phi) is 18.9. The van der Waals surface area contributed by atoms with Crippen LogP contribution in [0.15, 0.2) is 24.3 Å². The first kappa shape index (κ1) is 32.1. The van der Waals surface area contributed by atoms with Gasteiger partial charge in [-0.1, -0.05) is 84.5 Å². The standard InChI is InChI=1S/C30H52NO5/c1-4-7-8-9-10-11-12-13-16-19-27(5-2)36-29(6-3)31(30(33)34)24-17-14-15-18-25-35-28-22-20-26(32)21-23-28/h20-23,27,29,32H,3-19,24-25H2,1-2H3,(H,33,34). The summed E-state index contributed by atoms with van der Waals surface area (Å²) in [5.74, 6) is 0.969. The number of benzene rings is 1. The molecule has 1 aromatic rings. The van der Waals surface area contributed by atoms with E-state index in [0.29, 0.717) is 19.6 Å². The third kappa shape index (κ3) is 15.2. The Hall–Kier alpha value is -1.95. The number of aromatic hydroxyl groups is 1. The molecule has 2 unspecified atom stereocenters. The van der Waals surface area contributed by atoms with E-state index in [-0.39, 0.29) is 11.9 Å². The minimum absolute atomic E-state index is 0.0835. The van der Waals surface area contributed by atoms with Gasteiger partial charge in [0.05, 0.1) is 12.7 Å². The average molecular weight is 507 g/mol. The number of nitrogens with zero attached hydrogens (tertiary/aromatic N) is 1. The van der Waals surface area contributed by atoms with Gasteiger partial charge in [-0.2, -0.15) is 0 Å². The molecular weight excluding hydrogens is 454 g/mol. The van der Waals surface area contributed by atoms with Crippen LogP contribution in [0.2, 0.25) is 0 Å². The summed E-state index contributed by atoms with van der Waals surface area (Å²) < 4.78 is 11.9. The minimum Gasteiger partial charge on any atom is -0.508 e. The Morgan fingerprint density at radius 1 is 0.889 bits per heavy atom. The Bertz CT molecular complexity index is 651. The monoisotopic (exact) mass is 506 g/mol. The number of carboxylic acid groups (broad SMARTS) is 1. The van der Waals surface area contributed by atoms with Crippen molar-refractivity contribution in [3.63, 3.8) is 0 Å². The van der Waals surface area contributed by atoms with Gasteiger partial charge in [-0.05, 0) is 63.3 Å². The first-order valence-corrected chi connectivity index (χ1v) is 14.4. The van der Waals surface area contributed by atoms with E-state index in [1.807, 2.05) is 0 Å². The van der Waals surface area contributed by atoms with E-state index in [2.05, 4.69) is 20.8 Å². The van der Waals surface area contributed by atoms with Crippen LogP contribution in [0.4, 0.5) is 4.79 Å². The van der Waals surface area contributed by atoms with Gasteiger partial charge in [0.15, 0.2) is 0 Å². The second-order valence-electron chi connectivity index (χ2n) is 9.76. The lowest BCUT2D eigenvalue weighted by molar-refractivity contribution is -0.0910. The lowest BCUT2D eigenvalue weighted by atomic mass is 10.0. The largest absolute Gasteiger partial charge is 0.508 e. The maximum Gasteiger partial charge on any atom is 0.409 e. The van der Waals surface area contributed by atoms with Gasteiger partial charge in [0.1, 0.15) is 17.7 Å². The Morgan fingerprint density at radius 2 is 1.47 bits per heavy atom. The van der Waals surface area contributed by atoms with Crippen molar-refractivity contribution in [3.05, 3.63) is 31.2 Å². The lowest BCUT2D eigenvalue weighted by Crippen LogP contribution is -2.43. The Morgan fingerprint density at radius 3 is 2.06 bits per heavy atom. The highest BCUT2D eigenvalue weighted by Gasteiger charge is 2.24. The summed E-state index contributed by atoms with van der Waals surface area (Å²) in [7, 11) is 0. The van der Waals surface area contributed by atoms with Crippen LogP contribution < -0.4 is 4.74 Å². The predicted molar refractivity (Wildman–Crippen MR) is 148 cm³/mol. The highest BCUT2D eigenvalue weighted by Crippen LogP contribution is 2.19. The first-order chi connectivity index (χ1) is 17.5. The number of rotatable bonds is 23. The number of phenolic OH excluding ortho intramolecular Hbond substituents is 1. The molecule has 0 heterocycles. The maximum atomic E-state index is 11.9. The minimum atomic E-state index is -0.933. The van der Waals surface area contributed by atoms with E-state index in [9.17, 15) is 15.0 Å². The molecule has 1 amide bonds. The summed E-state index contributed by atoms with van der Waals surface area (Å²) >= 11 is 0. The molecule has 2 N–H and O–H groups in total. The summed E-state index contributed by atoms with van der Waals surface area (Å²) in [4.78, 5) is 13.4. The highest BCUT2D eigenvalue weighted by molar-refractivity contribution is 5.65. The van der Waals surface area contributed by atoms with E-state index < -0.39 is 12.3 Å². The molecule has 1 aromatic carbocycles. The van der Waals surface area contributed by atoms with Crippen LogP contribution in [0, 0.1) is 6.92 Å². The number of amides is 1. The first-order valence-electron chi connectivity index (χ1n) is 14.4. The van der Waals surface area contributed by atoms with Crippen LogP contribution in [0.25, 0.3) is 0 Å². The molecule has 2 atom stereocenters. The molecule has 0 aliphatic heterocycles. The van der Waals surface area contributed by atoms with Crippen molar-refractivity contribution in [1.29, 1.82) is 0 Å². The zero-order valence-corrected chi connectivity index (χ0v) is 23.0. The SMILES string of the molecule is [CH2]CC(OC(CC)CCCCCCCCCCC)N(CCCCCCOc1ccc(O)cc1)C(=O)O. The fraction of sp³-hybridized carbons (Fsp3) is 0.733. The average Bonchev–Trinajstić information content (AvgIpc) is 2.88. The molecule has 1 radical (unpaired) electrons. The Labute approximate surface area is 220 Å². The predicted octanol–water partition coefficient (Wildman–Crippen LogP) is 8.58. The number of phenols is 1. The van der Waals surface area contributed by atoms with Gasteiger partial charge >= 0.3 is 6.09 Å². The topological polar surface area (TPSA) is 79.2 Å². The van der Waals surface area contributed by atoms with E-state index in [1.54, 1.807) is 24.3 Å². The summed E-state index contributed by atoms with van der Waals surface area (Å²) in [6.45, 7) is 9.40. The van der Waals surface area contributed by atoms with Crippen LogP contribution in [-0.2, 0) is 4.74 Å². The second kappa shape index (κ2) is 21.2. The third-order valence-corrected chi connectivity index (χ3v) is 6.67. The van der Waals surface area contributed by atoms with Gasteiger partial charge in [0, 0.05) is 6.54 Å². The van der Waals surface area contributed by atoms with Gasteiger partial charge < -0.3 is 19.7 Å². The van der Waals surface area contributed by atoms with Crippen LogP contribution in [0.3, 0.4) is 0 Å². The second-order valence-corrected chi connectivity index (χ2v) is 9.76. The van der Waals surface area contributed by atoms with Crippen molar-refractivity contribution in [2.24, 2.45) is 0 Å². The number of carbonyl (C=O) groups is 1. The molecule has 0 fully saturated rings. The molecule has 1 rings (SSSR count). The van der Waals surface area contributed by atoms with Gasteiger partial charge in [0.2, 0.25) is 0 Å². The number of ether oxygens (including phenoxy) is 2. The fourth-order valence-electron chi connectivity index (χ4n) is 4.40. The van der Waals surface area contributed by atoms with Gasteiger partial charge in [-0.15, -0.1) is 0 Å². The van der Waals surface area contributed by atoms with Crippen molar-refractivity contribution >= 4 is 6.09 Å². The summed E-state index contributed by atoms with van der Waals surface area (Å²) in [6, 6.07) is 6.71. The summed E-state index contributed by atoms with van der Waals surface area (Å²) in [5.41, 5.74) is 0. The lowest BCUT2D eigenvalue weighted by Gasteiger charge is -2.32. The van der Waals surface area contributed by atoms with Gasteiger partial charge in [-0.3, -0.25) is 4.90 Å². The molecule has 207 valence electrons. The van der Waals surface area contributed by atoms with Crippen LogP contribution >= 0.6 is 0 Å². The van der Waals surface area contributed by atoms with E-state index in [4.69, 9.17) is 9.47 Å². The van der Waals surface area contributed by atoms with Crippen LogP contribution in [0.1, 0.15) is 117 Å².